The molecular weight excluding hydrogens is 537 g/mol. The number of benzene rings is 4. The van der Waals surface area contributed by atoms with E-state index in [4.69, 9.17) is 18.7 Å². The van der Waals surface area contributed by atoms with E-state index in [1.807, 2.05) is 97.1 Å². The van der Waals surface area contributed by atoms with Gasteiger partial charge in [0.05, 0.1) is 26.4 Å². The second-order valence-electron chi connectivity index (χ2n) is 9.72. The molecule has 9 heteroatoms. The number of azide groups is 1. The Morgan fingerprint density at radius 1 is 0.683 bits per heavy atom. The van der Waals surface area contributed by atoms with Crippen molar-refractivity contribution in [3.05, 3.63) is 148 Å². The average Bonchev–Trinajstić information content (AvgIpc) is 3.03. The second kappa shape index (κ2) is 14.2. The molecule has 1 aliphatic heterocycles. The largest absolute Gasteiger partial charge is 0.374 e. The molecule has 1 fully saturated rings. The van der Waals surface area contributed by atoms with Gasteiger partial charge in [0.2, 0.25) is 7.37 Å². The van der Waals surface area contributed by atoms with E-state index in [9.17, 15) is 10.1 Å². The highest BCUT2D eigenvalue weighted by Gasteiger charge is 2.54. The molecule has 0 saturated carbocycles. The number of rotatable bonds is 12. The lowest BCUT2D eigenvalue weighted by Gasteiger charge is -2.44. The van der Waals surface area contributed by atoms with Crippen molar-refractivity contribution < 1.29 is 23.3 Å². The first kappa shape index (κ1) is 28.8. The molecule has 5 rings (SSSR count). The Labute approximate surface area is 239 Å². The van der Waals surface area contributed by atoms with E-state index in [2.05, 4.69) is 10.0 Å². The summed E-state index contributed by atoms with van der Waals surface area (Å²) in [6.45, 7) is 0.908. The van der Waals surface area contributed by atoms with Crippen molar-refractivity contribution >= 4 is 12.7 Å². The van der Waals surface area contributed by atoms with E-state index in [-0.39, 0.29) is 19.8 Å². The molecule has 0 radical (unpaired) electrons. The van der Waals surface area contributed by atoms with Gasteiger partial charge in [0.1, 0.15) is 24.1 Å². The maximum Gasteiger partial charge on any atom is 0.244 e. The van der Waals surface area contributed by atoms with E-state index in [0.29, 0.717) is 11.9 Å². The van der Waals surface area contributed by atoms with Gasteiger partial charge >= 0.3 is 0 Å². The third-order valence-corrected chi connectivity index (χ3v) is 9.57. The molecule has 0 aliphatic carbocycles. The monoisotopic (exact) mass is 569 g/mol. The van der Waals surface area contributed by atoms with Crippen LogP contribution in [0.1, 0.15) is 16.7 Å². The third-order valence-electron chi connectivity index (χ3n) is 6.87. The van der Waals surface area contributed by atoms with E-state index >= 15 is 0 Å². The first-order chi connectivity index (χ1) is 20.2. The number of ether oxygens (including phenoxy) is 3. The molecule has 1 heterocycles. The maximum atomic E-state index is 14.8. The molecule has 0 unspecified atom stereocenters. The summed E-state index contributed by atoms with van der Waals surface area (Å²) in [5.74, 6) is -1.15. The Morgan fingerprint density at radius 3 is 1.66 bits per heavy atom. The maximum absolute atomic E-state index is 14.8. The Bertz CT molecular complexity index is 1450. The summed E-state index contributed by atoms with van der Waals surface area (Å²) in [6, 6.07) is 38.0. The minimum atomic E-state index is -3.78. The average molecular weight is 570 g/mol. The quantitative estimate of drug-likeness (QED) is 0.0790. The Balaban J connectivity index is 1.49. The lowest BCUT2D eigenvalue weighted by atomic mass is 10.1. The van der Waals surface area contributed by atoms with Crippen molar-refractivity contribution in [2.24, 2.45) is 5.11 Å². The molecule has 4 aromatic carbocycles. The number of hydrogen-bond acceptors (Lipinski definition) is 6. The van der Waals surface area contributed by atoms with Gasteiger partial charge in [-0.05, 0) is 34.4 Å². The van der Waals surface area contributed by atoms with Gasteiger partial charge in [0, 0.05) is 10.2 Å². The Hall–Kier alpha value is -3.74. The highest BCUT2D eigenvalue weighted by molar-refractivity contribution is 7.67. The summed E-state index contributed by atoms with van der Waals surface area (Å²) < 4.78 is 40.2. The van der Waals surface area contributed by atoms with Crippen molar-refractivity contribution in [1.82, 2.24) is 0 Å². The fourth-order valence-corrected chi connectivity index (χ4v) is 7.39. The topological polar surface area (TPSA) is 103 Å². The summed E-state index contributed by atoms with van der Waals surface area (Å²) in [5.41, 5.74) is 12.5. The van der Waals surface area contributed by atoms with Gasteiger partial charge in [-0.15, -0.1) is 0 Å². The predicted octanol–water partition coefficient (Wildman–Crippen LogP) is 7.01. The molecule has 1 aliphatic rings. The molecule has 210 valence electrons. The molecular formula is C32H32N3O5P. The smallest absolute Gasteiger partial charge is 0.244 e. The van der Waals surface area contributed by atoms with Crippen LogP contribution in [-0.4, -0.2) is 30.7 Å². The summed E-state index contributed by atoms with van der Waals surface area (Å²) in [4.78, 5) is 3.07. The minimum absolute atomic E-state index is 0.0966. The van der Waals surface area contributed by atoms with Gasteiger partial charge in [-0.3, -0.25) is 4.57 Å². The molecule has 5 atom stereocenters. The molecule has 1 saturated heterocycles. The standard InChI is InChI=1S/C32H32N3O5P/c33-35-34-32-31(39-23-27-17-9-3-10-18-27)30(38-22-26-15-7-2-8-16-26)29(24-37-21-25-13-5-1-6-14-25)40-41(32,36)28-19-11-4-12-20-28/h1-20,29-32H,21-24H2/t29-,30-,31+,32-,41+/m1/s1. The molecule has 0 N–H and O–H groups in total. The predicted molar refractivity (Wildman–Crippen MR) is 158 cm³/mol. The zero-order chi connectivity index (χ0) is 28.3. The van der Waals surface area contributed by atoms with Crippen LogP contribution in [0.4, 0.5) is 0 Å². The Morgan fingerprint density at radius 2 is 1.15 bits per heavy atom. The van der Waals surface area contributed by atoms with Crippen LogP contribution >= 0.6 is 7.37 Å². The molecule has 41 heavy (non-hydrogen) atoms. The van der Waals surface area contributed by atoms with E-state index in [1.165, 1.54) is 0 Å². The van der Waals surface area contributed by atoms with Gasteiger partial charge in [-0.1, -0.05) is 114 Å². The van der Waals surface area contributed by atoms with Crippen LogP contribution in [0.3, 0.4) is 0 Å². The van der Waals surface area contributed by atoms with Crippen LogP contribution in [-0.2, 0) is 43.1 Å². The van der Waals surface area contributed by atoms with E-state index in [0.717, 1.165) is 16.7 Å². The van der Waals surface area contributed by atoms with Crippen LogP contribution in [0.25, 0.3) is 10.4 Å². The van der Waals surface area contributed by atoms with E-state index in [1.54, 1.807) is 24.3 Å². The van der Waals surface area contributed by atoms with Crippen molar-refractivity contribution in [2.75, 3.05) is 6.61 Å². The van der Waals surface area contributed by atoms with E-state index < -0.39 is 31.5 Å². The van der Waals surface area contributed by atoms with Gasteiger partial charge in [0.15, 0.2) is 0 Å². The van der Waals surface area contributed by atoms with Crippen molar-refractivity contribution in [2.45, 2.75) is 43.9 Å². The summed E-state index contributed by atoms with van der Waals surface area (Å²) >= 11 is 0. The van der Waals surface area contributed by atoms with Gasteiger partial charge in [-0.2, -0.15) is 0 Å². The van der Waals surface area contributed by atoms with Gasteiger partial charge in [-0.25, -0.2) is 0 Å². The van der Waals surface area contributed by atoms with Crippen LogP contribution < -0.4 is 5.30 Å². The van der Waals surface area contributed by atoms with Crippen LogP contribution in [0.2, 0.25) is 0 Å². The minimum Gasteiger partial charge on any atom is -0.374 e. The SMILES string of the molecule is [N-]=[N+]=N[C@H]1[C@@H](OCc2ccccc2)[C@H](OCc2ccccc2)[C@@H](COCc2ccccc2)O[P@@]1(=O)c1ccccc1. The molecule has 0 spiro atoms. The zero-order valence-electron chi connectivity index (χ0n) is 22.5. The van der Waals surface area contributed by atoms with Crippen LogP contribution in [0, 0.1) is 0 Å². The number of nitrogens with zero attached hydrogens (tertiary/aromatic N) is 3. The normalized spacial score (nSPS) is 23.9. The lowest BCUT2D eigenvalue weighted by Crippen LogP contribution is -2.54. The van der Waals surface area contributed by atoms with Crippen molar-refractivity contribution in [3.8, 4) is 0 Å². The highest BCUT2D eigenvalue weighted by atomic mass is 31.2. The summed E-state index contributed by atoms with van der Waals surface area (Å²) in [5, 5.41) is 4.47. The van der Waals surface area contributed by atoms with Crippen LogP contribution in [0.5, 0.6) is 0 Å². The molecule has 0 amide bonds. The number of hydrogen-bond donors (Lipinski definition) is 0. The van der Waals surface area contributed by atoms with Crippen molar-refractivity contribution in [3.63, 3.8) is 0 Å². The Kier molecular flexibility index (Phi) is 10.00. The first-order valence-electron chi connectivity index (χ1n) is 13.5. The molecule has 0 bridgehead atoms. The summed E-state index contributed by atoms with van der Waals surface area (Å²) in [7, 11) is -3.78. The zero-order valence-corrected chi connectivity index (χ0v) is 23.4. The summed E-state index contributed by atoms with van der Waals surface area (Å²) in [6.07, 6.45) is -2.38. The van der Waals surface area contributed by atoms with Gasteiger partial charge < -0.3 is 18.7 Å². The first-order valence-corrected chi connectivity index (χ1v) is 15.2. The molecule has 4 aromatic rings. The highest BCUT2D eigenvalue weighted by Crippen LogP contribution is 2.58. The fourth-order valence-electron chi connectivity index (χ4n) is 4.84. The van der Waals surface area contributed by atoms with Gasteiger partial charge in [0.25, 0.3) is 0 Å². The molecule has 0 aromatic heterocycles. The van der Waals surface area contributed by atoms with Crippen LogP contribution in [0.15, 0.2) is 126 Å². The second-order valence-corrected chi connectivity index (χ2v) is 12.2. The lowest BCUT2D eigenvalue weighted by molar-refractivity contribution is -0.152. The van der Waals surface area contributed by atoms with Crippen molar-refractivity contribution in [1.29, 1.82) is 0 Å². The fraction of sp³-hybridized carbons (Fsp3) is 0.250. The molecule has 8 nitrogen and oxygen atoms in total. The third kappa shape index (κ3) is 7.32.